The normalized spacial score (nSPS) is 16.0. The second-order valence-corrected chi connectivity index (χ2v) is 8.40. The van der Waals surface area contributed by atoms with Gasteiger partial charge in [0.05, 0.1) is 12.2 Å². The highest BCUT2D eigenvalue weighted by molar-refractivity contribution is 5.94. The lowest BCUT2D eigenvalue weighted by molar-refractivity contribution is 0.0946. The van der Waals surface area contributed by atoms with Crippen molar-refractivity contribution in [2.45, 2.75) is 19.4 Å². The zero-order valence-corrected chi connectivity index (χ0v) is 19.6. The predicted molar refractivity (Wildman–Crippen MR) is 128 cm³/mol. The first-order valence-corrected chi connectivity index (χ1v) is 11.7. The van der Waals surface area contributed by atoms with Crippen LogP contribution in [0.3, 0.4) is 0 Å². The van der Waals surface area contributed by atoms with Gasteiger partial charge in [0.1, 0.15) is 23.2 Å². The molecule has 0 bridgehead atoms. The molecule has 36 heavy (non-hydrogen) atoms. The fraction of sp³-hybridized carbons (Fsp3) is 0.296. The molecule has 6 nitrogen and oxygen atoms in total. The molecule has 190 valence electrons. The Morgan fingerprint density at radius 3 is 2.47 bits per heavy atom. The number of amides is 1. The molecule has 5 rings (SSSR count). The number of halogens is 3. The number of hydrogen-bond donors (Lipinski definition) is 2. The zero-order valence-electron chi connectivity index (χ0n) is 19.6. The van der Waals surface area contributed by atoms with E-state index < -0.39 is 23.4 Å². The Morgan fingerprint density at radius 1 is 0.972 bits per heavy atom. The maximum absolute atomic E-state index is 13.3. The monoisotopic (exact) mass is 500 g/mol. The molecule has 9 heteroatoms. The molecule has 1 amide bonds. The Balaban J connectivity index is 0.000000170. The standard InChI is InChI=1S/C14H10F3NO.C13H17NO3/c15-11-5-2-1-4-9(11)14(19)18-8-10-12(16)6-3-7-13(10)17;1-2-10(7-14-5-1)8-15-11-3-4-12-13(6-11)17-9-16-12/h1-7H,8H2,(H,18,19);3-4,6,10,14H,1-2,5,7-9H2. The second kappa shape index (κ2) is 12.3. The van der Waals surface area contributed by atoms with Crippen molar-refractivity contribution in [3.05, 3.63) is 89.2 Å². The van der Waals surface area contributed by atoms with Crippen molar-refractivity contribution in [2.24, 2.45) is 5.92 Å². The molecule has 1 fully saturated rings. The highest BCUT2D eigenvalue weighted by Crippen LogP contribution is 2.35. The molecule has 2 aliphatic heterocycles. The molecule has 2 heterocycles. The van der Waals surface area contributed by atoms with Crippen LogP contribution in [0.4, 0.5) is 13.2 Å². The van der Waals surface area contributed by atoms with Crippen molar-refractivity contribution in [2.75, 3.05) is 26.5 Å². The van der Waals surface area contributed by atoms with E-state index in [-0.39, 0.29) is 17.7 Å². The number of benzene rings is 3. The third-order valence-corrected chi connectivity index (χ3v) is 5.83. The summed E-state index contributed by atoms with van der Waals surface area (Å²) in [5.74, 6) is 0.146. The Kier molecular flexibility index (Phi) is 8.67. The minimum absolute atomic E-state index is 0.167. The van der Waals surface area contributed by atoms with Crippen molar-refractivity contribution >= 4 is 5.91 Å². The van der Waals surface area contributed by atoms with Crippen LogP contribution in [0.15, 0.2) is 60.7 Å². The van der Waals surface area contributed by atoms with Crippen molar-refractivity contribution < 1.29 is 32.2 Å². The Bertz CT molecular complexity index is 1170. The van der Waals surface area contributed by atoms with Gasteiger partial charge in [0, 0.05) is 30.6 Å². The number of ether oxygens (including phenoxy) is 3. The second-order valence-electron chi connectivity index (χ2n) is 8.40. The SMILES string of the molecule is O=C(NCc1c(F)cccc1F)c1ccccc1F.c1cc2c(cc1OCC1CCCNC1)OCO2. The van der Waals surface area contributed by atoms with E-state index in [0.717, 1.165) is 55.1 Å². The van der Waals surface area contributed by atoms with Crippen LogP contribution in [0.25, 0.3) is 0 Å². The van der Waals surface area contributed by atoms with E-state index in [2.05, 4.69) is 10.6 Å². The third-order valence-electron chi connectivity index (χ3n) is 5.83. The first-order chi connectivity index (χ1) is 17.5. The molecule has 2 aliphatic rings. The molecule has 0 spiro atoms. The Morgan fingerprint density at radius 2 is 1.72 bits per heavy atom. The van der Waals surface area contributed by atoms with Gasteiger partial charge in [0.25, 0.3) is 5.91 Å². The van der Waals surface area contributed by atoms with Gasteiger partial charge in [-0.2, -0.15) is 0 Å². The van der Waals surface area contributed by atoms with Crippen molar-refractivity contribution in [3.63, 3.8) is 0 Å². The smallest absolute Gasteiger partial charge is 0.254 e. The Labute approximate surface area is 207 Å². The number of nitrogens with one attached hydrogen (secondary N) is 2. The minimum atomic E-state index is -0.756. The third kappa shape index (κ3) is 6.69. The number of carbonyl (C=O) groups is 1. The first kappa shape index (κ1) is 25.4. The van der Waals surface area contributed by atoms with Crippen LogP contribution in [0.2, 0.25) is 0 Å². The lowest BCUT2D eigenvalue weighted by atomic mass is 10.0. The van der Waals surface area contributed by atoms with Gasteiger partial charge in [-0.15, -0.1) is 0 Å². The van der Waals surface area contributed by atoms with Gasteiger partial charge in [0.15, 0.2) is 11.5 Å². The number of fused-ring (bicyclic) bond motifs is 1. The van der Waals surface area contributed by atoms with Gasteiger partial charge in [-0.3, -0.25) is 4.79 Å². The van der Waals surface area contributed by atoms with Gasteiger partial charge < -0.3 is 24.8 Å². The predicted octanol–water partition coefficient (Wildman–Crippen LogP) is 4.83. The van der Waals surface area contributed by atoms with Crippen LogP contribution in [0.1, 0.15) is 28.8 Å². The summed E-state index contributed by atoms with van der Waals surface area (Å²) in [5, 5.41) is 5.67. The van der Waals surface area contributed by atoms with Gasteiger partial charge in [-0.05, 0) is 55.8 Å². The molecule has 3 aromatic rings. The molecule has 1 atom stereocenters. The molecular formula is C27H27F3N2O4. The van der Waals surface area contributed by atoms with Crippen LogP contribution in [-0.2, 0) is 6.54 Å². The Hall–Kier alpha value is -3.72. The molecule has 0 saturated carbocycles. The molecule has 0 aliphatic carbocycles. The van der Waals surface area contributed by atoms with Gasteiger partial charge in [-0.1, -0.05) is 18.2 Å². The molecule has 1 saturated heterocycles. The van der Waals surface area contributed by atoms with Gasteiger partial charge in [-0.25, -0.2) is 13.2 Å². The summed E-state index contributed by atoms with van der Waals surface area (Å²) in [7, 11) is 0. The topological polar surface area (TPSA) is 68.8 Å². The maximum Gasteiger partial charge on any atom is 0.254 e. The largest absolute Gasteiger partial charge is 0.493 e. The maximum atomic E-state index is 13.3. The summed E-state index contributed by atoms with van der Waals surface area (Å²) in [4.78, 5) is 11.7. The van der Waals surface area contributed by atoms with E-state index >= 15 is 0 Å². The lowest BCUT2D eigenvalue weighted by Crippen LogP contribution is -2.33. The van der Waals surface area contributed by atoms with E-state index in [1.54, 1.807) is 0 Å². The van der Waals surface area contributed by atoms with Crippen molar-refractivity contribution in [1.82, 2.24) is 10.6 Å². The molecular weight excluding hydrogens is 473 g/mol. The summed E-state index contributed by atoms with van der Waals surface area (Å²) in [6.45, 7) is 2.94. The van der Waals surface area contributed by atoms with Crippen LogP contribution < -0.4 is 24.8 Å². The van der Waals surface area contributed by atoms with E-state index in [1.165, 1.54) is 37.1 Å². The van der Waals surface area contributed by atoms with E-state index in [4.69, 9.17) is 14.2 Å². The summed E-state index contributed by atoms with van der Waals surface area (Å²) in [5.41, 5.74) is -0.425. The molecule has 3 aromatic carbocycles. The lowest BCUT2D eigenvalue weighted by Gasteiger charge is -2.22. The van der Waals surface area contributed by atoms with Crippen LogP contribution >= 0.6 is 0 Å². The summed E-state index contributed by atoms with van der Waals surface area (Å²) >= 11 is 0. The summed E-state index contributed by atoms with van der Waals surface area (Å²) < 4.78 is 56.3. The van der Waals surface area contributed by atoms with Crippen molar-refractivity contribution in [3.8, 4) is 17.2 Å². The number of rotatable bonds is 6. The molecule has 0 aromatic heterocycles. The van der Waals surface area contributed by atoms with E-state index in [0.29, 0.717) is 12.7 Å². The molecule has 1 unspecified atom stereocenters. The average Bonchev–Trinajstić information content (AvgIpc) is 3.36. The fourth-order valence-electron chi connectivity index (χ4n) is 3.86. The van der Waals surface area contributed by atoms with E-state index in [1.807, 2.05) is 18.2 Å². The molecule has 2 N–H and O–H groups in total. The highest BCUT2D eigenvalue weighted by atomic mass is 19.1. The summed E-state index contributed by atoms with van der Waals surface area (Å²) in [6, 6.07) is 14.5. The van der Waals surface area contributed by atoms with Gasteiger partial charge >= 0.3 is 0 Å². The highest BCUT2D eigenvalue weighted by Gasteiger charge is 2.17. The number of hydrogen-bond acceptors (Lipinski definition) is 5. The number of piperidine rings is 1. The molecule has 0 radical (unpaired) electrons. The minimum Gasteiger partial charge on any atom is -0.493 e. The van der Waals surface area contributed by atoms with E-state index in [9.17, 15) is 18.0 Å². The van der Waals surface area contributed by atoms with Crippen LogP contribution in [-0.4, -0.2) is 32.4 Å². The van der Waals surface area contributed by atoms with Crippen LogP contribution in [0, 0.1) is 23.4 Å². The van der Waals surface area contributed by atoms with Gasteiger partial charge in [0.2, 0.25) is 6.79 Å². The first-order valence-electron chi connectivity index (χ1n) is 11.7. The quantitative estimate of drug-likeness (QED) is 0.508. The average molecular weight is 501 g/mol. The number of carbonyl (C=O) groups excluding carboxylic acids is 1. The van der Waals surface area contributed by atoms with Crippen molar-refractivity contribution in [1.29, 1.82) is 0 Å². The summed E-state index contributed by atoms with van der Waals surface area (Å²) in [6.07, 6.45) is 2.49. The fourth-order valence-corrected chi connectivity index (χ4v) is 3.86. The zero-order chi connectivity index (χ0) is 25.3. The van der Waals surface area contributed by atoms with Crippen LogP contribution in [0.5, 0.6) is 17.2 Å².